The van der Waals surface area contributed by atoms with Crippen molar-refractivity contribution < 1.29 is 0 Å². The molecule has 1 fully saturated rings. The third kappa shape index (κ3) is 2.75. The average molecular weight is 345 g/mol. The molecule has 0 spiro atoms. The van der Waals surface area contributed by atoms with Crippen LogP contribution in [0.2, 0.25) is 0 Å². The Morgan fingerprint density at radius 2 is 2.12 bits per heavy atom. The zero-order chi connectivity index (χ0) is 16.5. The smallest absolute Gasteiger partial charge is 0.343 e. The highest BCUT2D eigenvalue weighted by molar-refractivity contribution is 7.18. The first-order chi connectivity index (χ1) is 11.7. The Bertz CT molecular complexity index is 884. The summed E-state index contributed by atoms with van der Waals surface area (Å²) in [7, 11) is 1.72. The molecule has 24 heavy (non-hydrogen) atoms. The van der Waals surface area contributed by atoms with Crippen LogP contribution in [0.5, 0.6) is 0 Å². The number of nitrogens with zero attached hydrogens (tertiary/aromatic N) is 6. The second kappa shape index (κ2) is 6.23. The molecule has 0 atom stereocenters. The number of aromatic nitrogens is 6. The largest absolute Gasteiger partial charge is 0.348 e. The first-order valence-electron chi connectivity index (χ1n) is 8.05. The fourth-order valence-electron chi connectivity index (χ4n) is 2.96. The van der Waals surface area contributed by atoms with Gasteiger partial charge < -0.3 is 9.47 Å². The SMILES string of the molecule is Cn1c(CCn2ccnc2-c2cnc(N3CCCC3)s2)n[nH]c1=O. The molecule has 4 rings (SSSR count). The molecule has 0 aliphatic carbocycles. The lowest BCUT2D eigenvalue weighted by Crippen LogP contribution is -2.16. The van der Waals surface area contributed by atoms with Crippen molar-refractivity contribution in [3.8, 4) is 10.7 Å². The monoisotopic (exact) mass is 345 g/mol. The lowest BCUT2D eigenvalue weighted by Gasteiger charge is -2.12. The van der Waals surface area contributed by atoms with E-state index < -0.39 is 0 Å². The highest BCUT2D eigenvalue weighted by atomic mass is 32.1. The standard InChI is InChI=1S/C15H19N7OS/c1-20-12(18-19-14(20)23)4-8-21-9-5-16-13(21)11-10-17-15(24-11)22-6-2-3-7-22/h5,9-10H,2-4,6-8H2,1H3,(H,19,23). The van der Waals surface area contributed by atoms with Gasteiger partial charge in [0.25, 0.3) is 0 Å². The number of aryl methyl sites for hydroxylation is 2. The number of imidazole rings is 1. The van der Waals surface area contributed by atoms with E-state index >= 15 is 0 Å². The van der Waals surface area contributed by atoms with Crippen molar-refractivity contribution >= 4 is 16.5 Å². The van der Waals surface area contributed by atoms with Gasteiger partial charge in [-0.25, -0.2) is 19.9 Å². The molecular formula is C15H19N7OS. The van der Waals surface area contributed by atoms with Crippen LogP contribution in [0, 0.1) is 0 Å². The third-order valence-electron chi connectivity index (χ3n) is 4.35. The molecular weight excluding hydrogens is 326 g/mol. The van der Waals surface area contributed by atoms with Crippen LogP contribution in [0.25, 0.3) is 10.7 Å². The molecule has 1 saturated heterocycles. The predicted octanol–water partition coefficient (Wildman–Crippen LogP) is 1.27. The zero-order valence-corrected chi connectivity index (χ0v) is 14.3. The topological polar surface area (TPSA) is 84.6 Å². The maximum absolute atomic E-state index is 11.4. The minimum Gasteiger partial charge on any atom is -0.348 e. The number of anilines is 1. The summed E-state index contributed by atoms with van der Waals surface area (Å²) in [5.41, 5.74) is -0.187. The number of thiazole rings is 1. The van der Waals surface area contributed by atoms with Crippen LogP contribution in [-0.2, 0) is 20.0 Å². The molecule has 3 aromatic rings. The molecule has 0 amide bonds. The van der Waals surface area contributed by atoms with E-state index in [1.165, 1.54) is 17.4 Å². The number of H-pyrrole nitrogens is 1. The average Bonchev–Trinajstić information content (AvgIpc) is 3.34. The molecule has 0 bridgehead atoms. The van der Waals surface area contributed by atoms with Crippen molar-refractivity contribution in [2.24, 2.45) is 7.05 Å². The first kappa shape index (κ1) is 15.1. The lowest BCUT2D eigenvalue weighted by molar-refractivity contribution is 0.651. The number of aromatic amines is 1. The highest BCUT2D eigenvalue weighted by Gasteiger charge is 2.18. The van der Waals surface area contributed by atoms with Crippen LogP contribution >= 0.6 is 11.3 Å². The molecule has 1 N–H and O–H groups in total. The molecule has 0 unspecified atom stereocenters. The molecule has 0 aromatic carbocycles. The van der Waals surface area contributed by atoms with E-state index in [4.69, 9.17) is 0 Å². The first-order valence-corrected chi connectivity index (χ1v) is 8.86. The second-order valence-corrected chi connectivity index (χ2v) is 6.91. The van der Waals surface area contributed by atoms with Crippen LogP contribution in [0.1, 0.15) is 18.7 Å². The molecule has 126 valence electrons. The van der Waals surface area contributed by atoms with Crippen molar-refractivity contribution in [2.45, 2.75) is 25.8 Å². The molecule has 0 radical (unpaired) electrons. The Balaban J connectivity index is 1.52. The third-order valence-corrected chi connectivity index (χ3v) is 5.41. The molecule has 3 aromatic heterocycles. The maximum atomic E-state index is 11.4. The van der Waals surface area contributed by atoms with Crippen LogP contribution < -0.4 is 10.6 Å². The summed E-state index contributed by atoms with van der Waals surface area (Å²) in [4.78, 5) is 23.9. The van der Waals surface area contributed by atoms with Crippen molar-refractivity contribution in [2.75, 3.05) is 18.0 Å². The van der Waals surface area contributed by atoms with Crippen molar-refractivity contribution in [1.82, 2.24) is 29.3 Å². The summed E-state index contributed by atoms with van der Waals surface area (Å²) in [5, 5.41) is 7.59. The van der Waals surface area contributed by atoms with E-state index in [-0.39, 0.29) is 5.69 Å². The van der Waals surface area contributed by atoms with Crippen LogP contribution in [0.3, 0.4) is 0 Å². The Labute approximate surface area is 142 Å². The van der Waals surface area contributed by atoms with Crippen LogP contribution in [-0.4, -0.2) is 42.4 Å². The van der Waals surface area contributed by atoms with E-state index in [1.807, 2.05) is 12.4 Å². The summed E-state index contributed by atoms with van der Waals surface area (Å²) < 4.78 is 3.62. The number of hydrogen-bond donors (Lipinski definition) is 1. The second-order valence-electron chi connectivity index (χ2n) is 5.90. The van der Waals surface area contributed by atoms with Crippen LogP contribution in [0.4, 0.5) is 5.13 Å². The summed E-state index contributed by atoms with van der Waals surface area (Å²) in [6.45, 7) is 2.90. The summed E-state index contributed by atoms with van der Waals surface area (Å²) in [5.74, 6) is 1.65. The Hall–Kier alpha value is -2.42. The van der Waals surface area contributed by atoms with Gasteiger partial charge in [-0.3, -0.25) is 4.57 Å². The molecule has 1 aliphatic rings. The van der Waals surface area contributed by atoms with Gasteiger partial charge >= 0.3 is 5.69 Å². The van der Waals surface area contributed by atoms with Gasteiger partial charge in [0.1, 0.15) is 5.82 Å². The molecule has 9 heteroatoms. The summed E-state index contributed by atoms with van der Waals surface area (Å²) in [6.07, 6.45) is 8.80. The number of hydrogen-bond acceptors (Lipinski definition) is 6. The zero-order valence-electron chi connectivity index (χ0n) is 13.5. The van der Waals surface area contributed by atoms with Crippen LogP contribution in [0.15, 0.2) is 23.4 Å². The van der Waals surface area contributed by atoms with Gasteiger partial charge in [0.15, 0.2) is 11.0 Å². The van der Waals surface area contributed by atoms with Gasteiger partial charge in [0.2, 0.25) is 0 Å². The molecule has 4 heterocycles. The van der Waals surface area contributed by atoms with E-state index in [0.717, 1.165) is 34.7 Å². The normalized spacial score (nSPS) is 14.6. The predicted molar refractivity (Wildman–Crippen MR) is 92.3 cm³/mol. The van der Waals surface area contributed by atoms with Gasteiger partial charge in [0, 0.05) is 45.5 Å². The minimum absolute atomic E-state index is 0.187. The molecule has 1 aliphatic heterocycles. The molecule has 8 nitrogen and oxygen atoms in total. The van der Waals surface area contributed by atoms with Gasteiger partial charge in [-0.05, 0) is 12.8 Å². The fraction of sp³-hybridized carbons (Fsp3) is 0.467. The lowest BCUT2D eigenvalue weighted by atomic mass is 10.4. The Morgan fingerprint density at radius 3 is 2.88 bits per heavy atom. The minimum atomic E-state index is -0.187. The van der Waals surface area contributed by atoms with E-state index in [9.17, 15) is 4.79 Å². The maximum Gasteiger partial charge on any atom is 0.343 e. The van der Waals surface area contributed by atoms with E-state index in [0.29, 0.717) is 13.0 Å². The van der Waals surface area contributed by atoms with Gasteiger partial charge in [-0.2, -0.15) is 5.10 Å². The highest BCUT2D eigenvalue weighted by Crippen LogP contribution is 2.31. The quantitative estimate of drug-likeness (QED) is 0.753. The van der Waals surface area contributed by atoms with Crippen molar-refractivity contribution in [1.29, 1.82) is 0 Å². The number of rotatable bonds is 5. The number of nitrogens with one attached hydrogen (secondary N) is 1. The van der Waals surface area contributed by atoms with Gasteiger partial charge in [-0.15, -0.1) is 0 Å². The van der Waals surface area contributed by atoms with Gasteiger partial charge in [0.05, 0.1) is 11.1 Å². The summed E-state index contributed by atoms with van der Waals surface area (Å²) in [6, 6.07) is 0. The summed E-state index contributed by atoms with van der Waals surface area (Å²) >= 11 is 1.69. The van der Waals surface area contributed by atoms with Gasteiger partial charge in [-0.1, -0.05) is 11.3 Å². The fourth-order valence-corrected chi connectivity index (χ4v) is 3.94. The Kier molecular flexibility index (Phi) is 3.93. The van der Waals surface area contributed by atoms with E-state index in [2.05, 4.69) is 29.6 Å². The van der Waals surface area contributed by atoms with E-state index in [1.54, 1.807) is 24.6 Å². The Morgan fingerprint density at radius 1 is 1.29 bits per heavy atom. The van der Waals surface area contributed by atoms with Crippen molar-refractivity contribution in [3.63, 3.8) is 0 Å². The molecule has 0 saturated carbocycles. The van der Waals surface area contributed by atoms with Crippen molar-refractivity contribution in [3.05, 3.63) is 34.9 Å².